The lowest BCUT2D eigenvalue weighted by molar-refractivity contribution is -0.137. The standard InChI is InChI=1S/C13H15ClFNO2/c14-10-2-1-9(12(15)7-10)8-16(11-3-4-11)6-5-13(17)18/h1-2,7,11H,3-6,8H2,(H,17,18). The first-order valence-corrected chi connectivity index (χ1v) is 6.34. The Labute approximate surface area is 110 Å². The molecule has 0 spiro atoms. The minimum atomic E-state index is -0.822. The van der Waals surface area contributed by atoms with Crippen molar-refractivity contribution in [1.29, 1.82) is 0 Å². The zero-order chi connectivity index (χ0) is 13.1. The Morgan fingerprint density at radius 1 is 1.50 bits per heavy atom. The van der Waals surface area contributed by atoms with Crippen molar-refractivity contribution in [2.45, 2.75) is 31.8 Å². The fourth-order valence-electron chi connectivity index (χ4n) is 1.94. The van der Waals surface area contributed by atoms with Crippen molar-refractivity contribution < 1.29 is 14.3 Å². The van der Waals surface area contributed by atoms with E-state index in [1.807, 2.05) is 4.90 Å². The van der Waals surface area contributed by atoms with E-state index in [0.717, 1.165) is 12.8 Å². The fourth-order valence-corrected chi connectivity index (χ4v) is 2.10. The summed E-state index contributed by atoms with van der Waals surface area (Å²) in [5, 5.41) is 9.08. The number of halogens is 2. The Hall–Kier alpha value is -1.13. The van der Waals surface area contributed by atoms with E-state index in [1.54, 1.807) is 12.1 Å². The average Bonchev–Trinajstić information content (AvgIpc) is 3.10. The van der Waals surface area contributed by atoms with Gasteiger partial charge in [0.25, 0.3) is 0 Å². The van der Waals surface area contributed by atoms with E-state index in [9.17, 15) is 9.18 Å². The summed E-state index contributed by atoms with van der Waals surface area (Å²) in [6.07, 6.45) is 2.22. The minimum Gasteiger partial charge on any atom is -0.481 e. The van der Waals surface area contributed by atoms with Crippen LogP contribution in [0, 0.1) is 5.82 Å². The maximum Gasteiger partial charge on any atom is 0.304 e. The van der Waals surface area contributed by atoms with Gasteiger partial charge in [0, 0.05) is 29.7 Å². The number of carboxylic acid groups (broad SMARTS) is 1. The molecule has 0 saturated heterocycles. The van der Waals surface area contributed by atoms with E-state index < -0.39 is 5.97 Å². The molecule has 0 aromatic heterocycles. The second-order valence-corrected chi connectivity index (χ2v) is 5.02. The van der Waals surface area contributed by atoms with E-state index >= 15 is 0 Å². The summed E-state index contributed by atoms with van der Waals surface area (Å²) in [6.45, 7) is 0.906. The number of benzene rings is 1. The van der Waals surface area contributed by atoms with Crippen LogP contribution >= 0.6 is 11.6 Å². The van der Waals surface area contributed by atoms with Crippen LogP contribution in [-0.2, 0) is 11.3 Å². The largest absolute Gasteiger partial charge is 0.481 e. The van der Waals surface area contributed by atoms with Gasteiger partial charge in [-0.2, -0.15) is 0 Å². The average molecular weight is 272 g/mol. The van der Waals surface area contributed by atoms with E-state index in [0.29, 0.717) is 29.7 Å². The molecule has 2 rings (SSSR count). The second-order valence-electron chi connectivity index (χ2n) is 4.58. The van der Waals surface area contributed by atoms with Gasteiger partial charge in [-0.05, 0) is 25.0 Å². The molecule has 0 unspecified atom stereocenters. The SMILES string of the molecule is O=C(O)CCN(Cc1ccc(Cl)cc1F)C1CC1. The van der Waals surface area contributed by atoms with Gasteiger partial charge in [0.05, 0.1) is 6.42 Å². The van der Waals surface area contributed by atoms with Gasteiger partial charge in [0.2, 0.25) is 0 Å². The Morgan fingerprint density at radius 2 is 2.22 bits per heavy atom. The molecule has 1 N–H and O–H groups in total. The highest BCUT2D eigenvalue weighted by Crippen LogP contribution is 2.29. The lowest BCUT2D eigenvalue weighted by Crippen LogP contribution is -2.28. The number of hydrogen-bond donors (Lipinski definition) is 1. The van der Waals surface area contributed by atoms with Crippen molar-refractivity contribution in [3.8, 4) is 0 Å². The molecule has 0 atom stereocenters. The van der Waals surface area contributed by atoms with E-state index in [1.165, 1.54) is 6.07 Å². The fraction of sp³-hybridized carbons (Fsp3) is 0.462. The van der Waals surface area contributed by atoms with Crippen molar-refractivity contribution >= 4 is 17.6 Å². The molecular weight excluding hydrogens is 257 g/mol. The normalized spacial score (nSPS) is 15.1. The zero-order valence-corrected chi connectivity index (χ0v) is 10.7. The molecule has 0 radical (unpaired) electrons. The van der Waals surface area contributed by atoms with Gasteiger partial charge in [-0.15, -0.1) is 0 Å². The molecule has 0 heterocycles. The van der Waals surface area contributed by atoms with Gasteiger partial charge in [-0.3, -0.25) is 9.69 Å². The lowest BCUT2D eigenvalue weighted by atomic mass is 10.2. The van der Waals surface area contributed by atoms with Crippen LogP contribution in [0.2, 0.25) is 5.02 Å². The summed E-state index contributed by atoms with van der Waals surface area (Å²) in [5.74, 6) is -1.15. The molecule has 0 amide bonds. The summed E-state index contributed by atoms with van der Waals surface area (Å²) in [7, 11) is 0. The number of aliphatic carboxylic acids is 1. The number of nitrogens with zero attached hydrogens (tertiary/aromatic N) is 1. The third kappa shape index (κ3) is 3.68. The van der Waals surface area contributed by atoms with E-state index in [4.69, 9.17) is 16.7 Å². The molecule has 1 aromatic rings. The zero-order valence-electron chi connectivity index (χ0n) is 9.90. The van der Waals surface area contributed by atoms with Crippen LogP contribution in [0.1, 0.15) is 24.8 Å². The van der Waals surface area contributed by atoms with Crippen LogP contribution in [0.5, 0.6) is 0 Å². The highest BCUT2D eigenvalue weighted by molar-refractivity contribution is 6.30. The monoisotopic (exact) mass is 271 g/mol. The highest BCUT2D eigenvalue weighted by Gasteiger charge is 2.29. The molecule has 98 valence electrons. The van der Waals surface area contributed by atoms with Gasteiger partial charge in [-0.1, -0.05) is 17.7 Å². The molecule has 1 aliphatic rings. The van der Waals surface area contributed by atoms with E-state index in [-0.39, 0.29) is 12.2 Å². The molecule has 1 saturated carbocycles. The van der Waals surface area contributed by atoms with Crippen LogP contribution in [0.25, 0.3) is 0 Å². The maximum absolute atomic E-state index is 13.7. The number of carbonyl (C=O) groups is 1. The molecule has 5 heteroatoms. The summed E-state index contributed by atoms with van der Waals surface area (Å²) >= 11 is 5.70. The number of carboxylic acids is 1. The molecule has 0 aliphatic heterocycles. The third-order valence-corrected chi connectivity index (χ3v) is 3.30. The van der Waals surface area contributed by atoms with Gasteiger partial charge < -0.3 is 5.11 Å². The number of rotatable bonds is 6. The summed E-state index contributed by atoms with van der Waals surface area (Å²) < 4.78 is 13.7. The van der Waals surface area contributed by atoms with Crippen LogP contribution in [0.3, 0.4) is 0 Å². The molecule has 1 fully saturated rings. The summed E-state index contributed by atoms with van der Waals surface area (Å²) in [6, 6.07) is 5.01. The predicted molar refractivity (Wildman–Crippen MR) is 67.1 cm³/mol. The smallest absolute Gasteiger partial charge is 0.304 e. The van der Waals surface area contributed by atoms with Crippen molar-refractivity contribution in [1.82, 2.24) is 4.90 Å². The van der Waals surface area contributed by atoms with Crippen LogP contribution in [-0.4, -0.2) is 28.6 Å². The van der Waals surface area contributed by atoms with Crippen molar-refractivity contribution in [3.63, 3.8) is 0 Å². The lowest BCUT2D eigenvalue weighted by Gasteiger charge is -2.21. The quantitative estimate of drug-likeness (QED) is 0.865. The molecular formula is C13H15ClFNO2. The summed E-state index contributed by atoms with van der Waals surface area (Å²) in [4.78, 5) is 12.6. The molecule has 0 bridgehead atoms. The van der Waals surface area contributed by atoms with Crippen molar-refractivity contribution in [3.05, 3.63) is 34.6 Å². The Bertz CT molecular complexity index is 449. The van der Waals surface area contributed by atoms with Crippen LogP contribution < -0.4 is 0 Å². The van der Waals surface area contributed by atoms with E-state index in [2.05, 4.69) is 0 Å². The van der Waals surface area contributed by atoms with Gasteiger partial charge in [-0.25, -0.2) is 4.39 Å². The first-order valence-electron chi connectivity index (χ1n) is 5.96. The first-order chi connectivity index (χ1) is 8.56. The highest BCUT2D eigenvalue weighted by atomic mass is 35.5. The molecule has 18 heavy (non-hydrogen) atoms. The van der Waals surface area contributed by atoms with Crippen molar-refractivity contribution in [2.75, 3.05) is 6.54 Å². The Balaban J connectivity index is 2.01. The minimum absolute atomic E-state index is 0.0890. The Morgan fingerprint density at radius 3 is 2.78 bits per heavy atom. The first kappa shape index (κ1) is 13.3. The van der Waals surface area contributed by atoms with Crippen molar-refractivity contribution in [2.24, 2.45) is 0 Å². The number of hydrogen-bond acceptors (Lipinski definition) is 2. The molecule has 1 aromatic carbocycles. The third-order valence-electron chi connectivity index (χ3n) is 3.06. The Kier molecular flexibility index (Phi) is 4.19. The van der Waals surface area contributed by atoms with Crippen LogP contribution in [0.15, 0.2) is 18.2 Å². The topological polar surface area (TPSA) is 40.5 Å². The predicted octanol–water partition coefficient (Wildman–Crippen LogP) is 2.92. The van der Waals surface area contributed by atoms with Gasteiger partial charge >= 0.3 is 5.97 Å². The molecule has 3 nitrogen and oxygen atoms in total. The van der Waals surface area contributed by atoms with Gasteiger partial charge in [0.1, 0.15) is 5.82 Å². The van der Waals surface area contributed by atoms with Crippen LogP contribution in [0.4, 0.5) is 4.39 Å². The van der Waals surface area contributed by atoms with Gasteiger partial charge in [0.15, 0.2) is 0 Å². The molecule has 1 aliphatic carbocycles. The maximum atomic E-state index is 13.7. The second kappa shape index (κ2) is 5.67. The summed E-state index contributed by atoms with van der Waals surface area (Å²) in [5.41, 5.74) is 0.566.